The van der Waals surface area contributed by atoms with Crippen LogP contribution in [0.5, 0.6) is 0 Å². The summed E-state index contributed by atoms with van der Waals surface area (Å²) in [4.78, 5) is 13.4. The molecular weight excluding hydrogens is 380 g/mol. The number of rotatable bonds is 4. The summed E-state index contributed by atoms with van der Waals surface area (Å²) < 4.78 is 28.1. The Balaban J connectivity index is 1.88. The number of halogens is 1. The average Bonchev–Trinajstić information content (AvgIpc) is 2.93. The van der Waals surface area contributed by atoms with Crippen molar-refractivity contribution in [3.05, 3.63) is 65.3 Å². The molecule has 2 aromatic carbocycles. The van der Waals surface area contributed by atoms with Crippen LogP contribution in [-0.2, 0) is 14.8 Å². The highest BCUT2D eigenvalue weighted by molar-refractivity contribution is 9.10. The number of sulfonamides is 1. The zero-order valence-corrected chi connectivity index (χ0v) is 14.3. The van der Waals surface area contributed by atoms with Crippen molar-refractivity contribution in [3.63, 3.8) is 0 Å². The van der Waals surface area contributed by atoms with Gasteiger partial charge in [-0.15, -0.1) is 0 Å². The molecule has 0 aliphatic carbocycles. The third kappa shape index (κ3) is 3.46. The van der Waals surface area contributed by atoms with Crippen molar-refractivity contribution >= 4 is 43.2 Å². The fraction of sp³-hybridized carbons (Fsp3) is 0.0625. The lowest BCUT2D eigenvalue weighted by atomic mass is 10.2. The van der Waals surface area contributed by atoms with E-state index >= 15 is 0 Å². The SMILES string of the molecule is O=C1CC=CN1c1cccc(NS(=O)(=O)c2cccc(Br)c2)c1. The zero-order chi connectivity index (χ0) is 16.4. The van der Waals surface area contributed by atoms with E-state index in [1.807, 2.05) is 0 Å². The first-order chi connectivity index (χ1) is 11.0. The minimum atomic E-state index is -3.69. The second-order valence-electron chi connectivity index (χ2n) is 4.97. The summed E-state index contributed by atoms with van der Waals surface area (Å²) in [6.07, 6.45) is 3.80. The number of hydrogen-bond acceptors (Lipinski definition) is 3. The fourth-order valence-corrected chi connectivity index (χ4v) is 3.88. The number of carbonyl (C=O) groups excluding carboxylic acids is 1. The van der Waals surface area contributed by atoms with Gasteiger partial charge in [0, 0.05) is 17.1 Å². The summed E-state index contributed by atoms with van der Waals surface area (Å²) in [5.74, 6) is -0.0444. The number of benzene rings is 2. The Labute approximate surface area is 142 Å². The molecule has 5 nitrogen and oxygen atoms in total. The number of amides is 1. The van der Waals surface area contributed by atoms with Gasteiger partial charge in [-0.2, -0.15) is 0 Å². The van der Waals surface area contributed by atoms with Crippen LogP contribution in [0.25, 0.3) is 0 Å². The molecule has 0 atom stereocenters. The molecule has 1 aliphatic heterocycles. The van der Waals surface area contributed by atoms with Gasteiger partial charge in [-0.25, -0.2) is 8.42 Å². The summed E-state index contributed by atoms with van der Waals surface area (Å²) in [5, 5.41) is 0. The molecule has 0 aromatic heterocycles. The van der Waals surface area contributed by atoms with Gasteiger partial charge in [0.25, 0.3) is 10.0 Å². The molecule has 118 valence electrons. The molecule has 1 N–H and O–H groups in total. The molecule has 0 fully saturated rings. The van der Waals surface area contributed by atoms with E-state index in [4.69, 9.17) is 0 Å². The van der Waals surface area contributed by atoms with Crippen molar-refractivity contribution in [3.8, 4) is 0 Å². The third-order valence-corrected chi connectivity index (χ3v) is 5.17. The van der Waals surface area contributed by atoms with E-state index in [0.717, 1.165) is 0 Å². The van der Waals surface area contributed by atoms with Crippen LogP contribution in [0, 0.1) is 0 Å². The molecule has 1 aliphatic rings. The van der Waals surface area contributed by atoms with Gasteiger partial charge in [0.2, 0.25) is 5.91 Å². The maximum Gasteiger partial charge on any atom is 0.261 e. The van der Waals surface area contributed by atoms with Crippen LogP contribution in [0.15, 0.2) is 70.2 Å². The molecule has 0 saturated carbocycles. The highest BCUT2D eigenvalue weighted by Gasteiger charge is 2.18. The van der Waals surface area contributed by atoms with E-state index in [1.54, 1.807) is 48.7 Å². The van der Waals surface area contributed by atoms with Gasteiger partial charge in [-0.3, -0.25) is 14.4 Å². The Morgan fingerprint density at radius 3 is 2.57 bits per heavy atom. The van der Waals surface area contributed by atoms with E-state index in [0.29, 0.717) is 22.3 Å². The number of hydrogen-bond donors (Lipinski definition) is 1. The topological polar surface area (TPSA) is 66.5 Å². The van der Waals surface area contributed by atoms with E-state index in [1.165, 1.54) is 17.0 Å². The molecule has 0 spiro atoms. The van der Waals surface area contributed by atoms with Gasteiger partial charge in [0.1, 0.15) is 0 Å². The van der Waals surface area contributed by atoms with Crippen LogP contribution in [0.2, 0.25) is 0 Å². The molecular formula is C16H13BrN2O3S. The smallest absolute Gasteiger partial charge is 0.261 e. The maximum atomic E-state index is 12.4. The number of nitrogens with one attached hydrogen (secondary N) is 1. The Kier molecular flexibility index (Phi) is 4.23. The second-order valence-corrected chi connectivity index (χ2v) is 7.56. The van der Waals surface area contributed by atoms with Gasteiger partial charge < -0.3 is 0 Å². The molecule has 1 amide bonds. The van der Waals surface area contributed by atoms with E-state index < -0.39 is 10.0 Å². The van der Waals surface area contributed by atoms with Crippen molar-refractivity contribution in [2.24, 2.45) is 0 Å². The van der Waals surface area contributed by atoms with Crippen LogP contribution in [0.1, 0.15) is 6.42 Å². The predicted molar refractivity (Wildman–Crippen MR) is 92.6 cm³/mol. The number of nitrogens with zero attached hydrogens (tertiary/aromatic N) is 1. The van der Waals surface area contributed by atoms with Crippen LogP contribution < -0.4 is 9.62 Å². The van der Waals surface area contributed by atoms with Crippen LogP contribution in [0.3, 0.4) is 0 Å². The summed E-state index contributed by atoms with van der Waals surface area (Å²) in [6.45, 7) is 0. The molecule has 0 saturated heterocycles. The highest BCUT2D eigenvalue weighted by Crippen LogP contribution is 2.25. The van der Waals surface area contributed by atoms with Crippen molar-refractivity contribution in [2.45, 2.75) is 11.3 Å². The summed E-state index contributed by atoms with van der Waals surface area (Å²) in [6, 6.07) is 13.2. The zero-order valence-electron chi connectivity index (χ0n) is 11.9. The first-order valence-corrected chi connectivity index (χ1v) is 9.10. The summed E-state index contributed by atoms with van der Waals surface area (Å²) in [7, 11) is -3.69. The molecule has 0 bridgehead atoms. The lowest BCUT2D eigenvalue weighted by Gasteiger charge is -2.15. The van der Waals surface area contributed by atoms with E-state index in [2.05, 4.69) is 20.7 Å². The quantitative estimate of drug-likeness (QED) is 0.865. The van der Waals surface area contributed by atoms with Crippen LogP contribution in [0.4, 0.5) is 11.4 Å². The van der Waals surface area contributed by atoms with Gasteiger partial charge in [-0.1, -0.05) is 34.1 Å². The normalized spacial score (nSPS) is 14.3. The number of anilines is 2. The van der Waals surface area contributed by atoms with Gasteiger partial charge in [0.05, 0.1) is 16.3 Å². The third-order valence-electron chi connectivity index (χ3n) is 3.30. The Hall–Kier alpha value is -2.12. The van der Waals surface area contributed by atoms with Crippen LogP contribution >= 0.6 is 15.9 Å². The van der Waals surface area contributed by atoms with Crippen molar-refractivity contribution in [2.75, 3.05) is 9.62 Å². The van der Waals surface area contributed by atoms with Crippen molar-refractivity contribution < 1.29 is 13.2 Å². The van der Waals surface area contributed by atoms with Gasteiger partial charge in [0.15, 0.2) is 0 Å². The van der Waals surface area contributed by atoms with E-state index in [-0.39, 0.29) is 10.8 Å². The lowest BCUT2D eigenvalue weighted by molar-refractivity contribution is -0.116. The largest absolute Gasteiger partial charge is 0.288 e. The molecule has 0 radical (unpaired) electrons. The second kappa shape index (κ2) is 6.17. The molecule has 3 rings (SSSR count). The minimum Gasteiger partial charge on any atom is -0.288 e. The summed E-state index contributed by atoms with van der Waals surface area (Å²) >= 11 is 3.26. The monoisotopic (exact) mass is 392 g/mol. The van der Waals surface area contributed by atoms with Gasteiger partial charge in [-0.05, 0) is 36.4 Å². The lowest BCUT2D eigenvalue weighted by Crippen LogP contribution is -2.20. The molecule has 1 heterocycles. The molecule has 0 unspecified atom stereocenters. The molecule has 7 heteroatoms. The Morgan fingerprint density at radius 1 is 1.09 bits per heavy atom. The van der Waals surface area contributed by atoms with Crippen LogP contribution in [-0.4, -0.2) is 14.3 Å². The maximum absolute atomic E-state index is 12.4. The average molecular weight is 393 g/mol. The summed E-state index contributed by atoms with van der Waals surface area (Å²) in [5.41, 5.74) is 1.02. The van der Waals surface area contributed by atoms with Crippen molar-refractivity contribution in [1.29, 1.82) is 0 Å². The number of carbonyl (C=O) groups is 1. The molecule has 23 heavy (non-hydrogen) atoms. The first kappa shape index (κ1) is 15.8. The predicted octanol–water partition coefficient (Wildman–Crippen LogP) is 3.50. The Morgan fingerprint density at radius 2 is 1.87 bits per heavy atom. The minimum absolute atomic E-state index is 0.0444. The molecule has 2 aromatic rings. The Bertz CT molecular complexity index is 894. The fourth-order valence-electron chi connectivity index (χ4n) is 2.24. The van der Waals surface area contributed by atoms with Gasteiger partial charge >= 0.3 is 0 Å². The highest BCUT2D eigenvalue weighted by atomic mass is 79.9. The standard InChI is InChI=1S/C16H13BrN2O3S/c17-12-4-1-7-15(10-12)23(21,22)18-13-5-2-6-14(11-13)19-9-3-8-16(19)20/h1-7,9-11,18H,8H2. The van der Waals surface area contributed by atoms with E-state index in [9.17, 15) is 13.2 Å². The first-order valence-electron chi connectivity index (χ1n) is 6.83. The van der Waals surface area contributed by atoms with Crippen molar-refractivity contribution in [1.82, 2.24) is 0 Å².